The van der Waals surface area contributed by atoms with Gasteiger partial charge in [-0.3, -0.25) is 10.5 Å². The van der Waals surface area contributed by atoms with Crippen LogP contribution in [0.25, 0.3) is 0 Å². The SMILES string of the molecule is CCCn1ncc(OC)c1C(NN)c1ccc(F)cc1Cl. The first kappa shape index (κ1) is 15.8. The minimum Gasteiger partial charge on any atom is -0.493 e. The van der Waals surface area contributed by atoms with Crippen molar-refractivity contribution in [2.45, 2.75) is 25.9 Å². The molecule has 0 amide bonds. The topological polar surface area (TPSA) is 65.1 Å². The van der Waals surface area contributed by atoms with E-state index >= 15 is 0 Å². The van der Waals surface area contributed by atoms with Gasteiger partial charge in [0.1, 0.15) is 11.5 Å². The lowest BCUT2D eigenvalue weighted by Crippen LogP contribution is -2.31. The first-order valence-corrected chi connectivity index (χ1v) is 7.00. The molecule has 1 atom stereocenters. The number of nitrogens with one attached hydrogen (secondary N) is 1. The third-order valence-electron chi connectivity index (χ3n) is 3.21. The van der Waals surface area contributed by atoms with Crippen molar-refractivity contribution in [3.63, 3.8) is 0 Å². The van der Waals surface area contributed by atoms with Gasteiger partial charge in [0.15, 0.2) is 5.75 Å². The quantitative estimate of drug-likeness (QED) is 0.636. The van der Waals surface area contributed by atoms with E-state index in [1.807, 2.05) is 11.6 Å². The largest absolute Gasteiger partial charge is 0.493 e. The van der Waals surface area contributed by atoms with E-state index in [1.54, 1.807) is 19.4 Å². The predicted octanol–water partition coefficient (Wildman–Crippen LogP) is 2.65. The van der Waals surface area contributed by atoms with Gasteiger partial charge in [0.25, 0.3) is 0 Å². The van der Waals surface area contributed by atoms with Crippen LogP contribution in [0.5, 0.6) is 5.75 Å². The summed E-state index contributed by atoms with van der Waals surface area (Å²) in [6.45, 7) is 2.77. The number of nitrogens with zero attached hydrogens (tertiary/aromatic N) is 2. The van der Waals surface area contributed by atoms with Crippen molar-refractivity contribution in [1.82, 2.24) is 15.2 Å². The lowest BCUT2D eigenvalue weighted by Gasteiger charge is -2.20. The van der Waals surface area contributed by atoms with Crippen LogP contribution in [0.15, 0.2) is 24.4 Å². The van der Waals surface area contributed by atoms with Crippen LogP contribution in [0, 0.1) is 5.82 Å². The smallest absolute Gasteiger partial charge is 0.161 e. The molecule has 2 rings (SSSR count). The molecule has 7 heteroatoms. The summed E-state index contributed by atoms with van der Waals surface area (Å²) in [6.07, 6.45) is 2.54. The van der Waals surface area contributed by atoms with Gasteiger partial charge in [-0.1, -0.05) is 24.6 Å². The van der Waals surface area contributed by atoms with Gasteiger partial charge in [-0.25, -0.2) is 9.82 Å². The van der Waals surface area contributed by atoms with Crippen molar-refractivity contribution in [1.29, 1.82) is 0 Å². The fraction of sp³-hybridized carbons (Fsp3) is 0.357. The molecule has 0 fully saturated rings. The standard InChI is InChI=1S/C14H18ClFN4O/c1-3-6-20-14(12(21-2)8-18-20)13(19-17)10-5-4-9(16)7-11(10)15/h4-5,7-8,13,19H,3,6,17H2,1-2H3. The highest BCUT2D eigenvalue weighted by Gasteiger charge is 2.24. The maximum atomic E-state index is 13.2. The summed E-state index contributed by atoms with van der Waals surface area (Å²) in [7, 11) is 1.57. The fourth-order valence-electron chi connectivity index (χ4n) is 2.27. The Balaban J connectivity index is 2.52. The Bertz CT molecular complexity index is 617. The molecule has 2 aromatic rings. The first-order chi connectivity index (χ1) is 10.1. The molecule has 5 nitrogen and oxygen atoms in total. The highest BCUT2D eigenvalue weighted by atomic mass is 35.5. The Kier molecular flexibility index (Phi) is 5.17. The highest BCUT2D eigenvalue weighted by Crippen LogP contribution is 2.33. The van der Waals surface area contributed by atoms with E-state index in [1.165, 1.54) is 12.1 Å². The van der Waals surface area contributed by atoms with Crippen molar-refractivity contribution in [2.75, 3.05) is 7.11 Å². The average Bonchev–Trinajstić information content (AvgIpc) is 2.85. The maximum Gasteiger partial charge on any atom is 0.161 e. The van der Waals surface area contributed by atoms with Crippen LogP contribution < -0.4 is 16.0 Å². The molecule has 1 aromatic heterocycles. The number of hydrogen-bond acceptors (Lipinski definition) is 4. The summed E-state index contributed by atoms with van der Waals surface area (Å²) in [6, 6.07) is 3.76. The van der Waals surface area contributed by atoms with Crippen LogP contribution in [-0.2, 0) is 6.54 Å². The Hall–Kier alpha value is -1.63. The molecular weight excluding hydrogens is 295 g/mol. The number of halogens is 2. The van der Waals surface area contributed by atoms with Gasteiger partial charge in [0.2, 0.25) is 0 Å². The lowest BCUT2D eigenvalue weighted by molar-refractivity contribution is 0.398. The second-order valence-electron chi connectivity index (χ2n) is 4.59. The molecule has 3 N–H and O–H groups in total. The number of nitrogens with two attached hydrogens (primary N) is 1. The first-order valence-electron chi connectivity index (χ1n) is 6.63. The molecule has 21 heavy (non-hydrogen) atoms. The van der Waals surface area contributed by atoms with E-state index in [0.717, 1.165) is 18.7 Å². The summed E-state index contributed by atoms with van der Waals surface area (Å²) in [4.78, 5) is 0. The summed E-state index contributed by atoms with van der Waals surface area (Å²) in [5.74, 6) is 5.90. The third kappa shape index (κ3) is 3.18. The normalized spacial score (nSPS) is 12.4. The Labute approximate surface area is 127 Å². The van der Waals surface area contributed by atoms with Gasteiger partial charge < -0.3 is 4.74 Å². The number of benzene rings is 1. The third-order valence-corrected chi connectivity index (χ3v) is 3.54. The van der Waals surface area contributed by atoms with Crippen LogP contribution >= 0.6 is 11.6 Å². The number of aryl methyl sites for hydroxylation is 1. The van der Waals surface area contributed by atoms with E-state index < -0.39 is 11.9 Å². The second-order valence-corrected chi connectivity index (χ2v) is 4.99. The van der Waals surface area contributed by atoms with E-state index in [4.69, 9.17) is 22.2 Å². The van der Waals surface area contributed by atoms with Gasteiger partial charge >= 0.3 is 0 Å². The Morgan fingerprint density at radius 3 is 2.86 bits per heavy atom. The van der Waals surface area contributed by atoms with Crippen molar-refractivity contribution in [3.05, 3.63) is 46.5 Å². The fourth-order valence-corrected chi connectivity index (χ4v) is 2.54. The molecule has 1 heterocycles. The molecule has 0 saturated carbocycles. The molecule has 0 aliphatic rings. The molecule has 0 aliphatic heterocycles. The number of rotatable bonds is 6. The number of aromatic nitrogens is 2. The minimum atomic E-state index is -0.443. The predicted molar refractivity (Wildman–Crippen MR) is 79.6 cm³/mol. The van der Waals surface area contributed by atoms with Gasteiger partial charge in [0, 0.05) is 11.6 Å². The molecule has 114 valence electrons. The van der Waals surface area contributed by atoms with Gasteiger partial charge in [-0.15, -0.1) is 0 Å². The van der Waals surface area contributed by atoms with Crippen molar-refractivity contribution < 1.29 is 9.13 Å². The summed E-state index contributed by atoms with van der Waals surface area (Å²) in [5.41, 5.74) is 4.13. The lowest BCUT2D eigenvalue weighted by atomic mass is 10.0. The second kappa shape index (κ2) is 6.89. The Morgan fingerprint density at radius 1 is 1.52 bits per heavy atom. The van der Waals surface area contributed by atoms with Crippen molar-refractivity contribution in [2.24, 2.45) is 5.84 Å². The van der Waals surface area contributed by atoms with E-state index in [-0.39, 0.29) is 0 Å². The molecule has 0 radical (unpaired) electrons. The van der Waals surface area contributed by atoms with Gasteiger partial charge in [0.05, 0.1) is 19.3 Å². The van der Waals surface area contributed by atoms with Crippen LogP contribution in [0.2, 0.25) is 5.02 Å². The summed E-state index contributed by atoms with van der Waals surface area (Å²) in [5, 5.41) is 4.59. The summed E-state index contributed by atoms with van der Waals surface area (Å²) >= 11 is 6.14. The van der Waals surface area contributed by atoms with Crippen molar-refractivity contribution in [3.8, 4) is 5.75 Å². The van der Waals surface area contributed by atoms with Crippen LogP contribution in [0.1, 0.15) is 30.6 Å². The monoisotopic (exact) mass is 312 g/mol. The molecule has 1 aromatic carbocycles. The van der Waals surface area contributed by atoms with Gasteiger partial charge in [-0.05, 0) is 24.1 Å². The molecular formula is C14H18ClFN4O. The highest BCUT2D eigenvalue weighted by molar-refractivity contribution is 6.31. The number of ether oxygens (including phenoxy) is 1. The molecule has 0 spiro atoms. The zero-order valence-electron chi connectivity index (χ0n) is 11.9. The number of hydrogen-bond donors (Lipinski definition) is 2. The zero-order valence-corrected chi connectivity index (χ0v) is 12.7. The van der Waals surface area contributed by atoms with Crippen LogP contribution in [0.3, 0.4) is 0 Å². The molecule has 0 saturated heterocycles. The van der Waals surface area contributed by atoms with Crippen LogP contribution in [-0.4, -0.2) is 16.9 Å². The van der Waals surface area contributed by atoms with Crippen molar-refractivity contribution >= 4 is 11.6 Å². The molecule has 0 aliphatic carbocycles. The van der Waals surface area contributed by atoms with E-state index in [2.05, 4.69) is 10.5 Å². The summed E-state index contributed by atoms with van der Waals surface area (Å²) < 4.78 is 20.4. The van der Waals surface area contributed by atoms with Gasteiger partial charge in [-0.2, -0.15) is 5.10 Å². The minimum absolute atomic E-state index is 0.296. The van der Waals surface area contributed by atoms with E-state index in [0.29, 0.717) is 16.3 Å². The average molecular weight is 313 g/mol. The number of hydrazine groups is 1. The zero-order chi connectivity index (χ0) is 15.4. The Morgan fingerprint density at radius 2 is 2.29 bits per heavy atom. The maximum absolute atomic E-state index is 13.2. The molecule has 0 bridgehead atoms. The molecule has 1 unspecified atom stereocenters. The van der Waals surface area contributed by atoms with E-state index in [9.17, 15) is 4.39 Å². The number of methoxy groups -OCH3 is 1. The van der Waals surface area contributed by atoms with Crippen LogP contribution in [0.4, 0.5) is 4.39 Å².